The molecule has 0 unspecified atom stereocenters. The summed E-state index contributed by atoms with van der Waals surface area (Å²) in [6.07, 6.45) is 6.36. The second-order valence-electron chi connectivity index (χ2n) is 3.86. The average Bonchev–Trinajstić information content (AvgIpc) is 2.76. The van der Waals surface area contributed by atoms with Crippen molar-refractivity contribution in [2.75, 3.05) is 0 Å². The third kappa shape index (κ3) is 2.64. The van der Waals surface area contributed by atoms with Crippen LogP contribution in [0.4, 0.5) is 0 Å². The molecule has 2 nitrogen and oxygen atoms in total. The Labute approximate surface area is 101 Å². The Kier molecular flexibility index (Phi) is 3.62. The number of aryl methyl sites for hydroxylation is 1. The van der Waals surface area contributed by atoms with Crippen LogP contribution in [0.15, 0.2) is 36.8 Å². The summed E-state index contributed by atoms with van der Waals surface area (Å²) < 4.78 is 2.13. The van der Waals surface area contributed by atoms with Crippen LogP contribution in [0.5, 0.6) is 0 Å². The number of halogens is 1. The molecule has 0 saturated carbocycles. The molecule has 1 aromatic heterocycles. The maximum Gasteiger partial charge on any atom is 0.0953 e. The van der Waals surface area contributed by atoms with Gasteiger partial charge in [-0.3, -0.25) is 0 Å². The summed E-state index contributed by atoms with van der Waals surface area (Å²) in [5.74, 6) is 0. The first-order valence-electron chi connectivity index (χ1n) is 5.57. The van der Waals surface area contributed by atoms with Crippen molar-refractivity contribution in [3.8, 4) is 11.3 Å². The minimum absolute atomic E-state index is 0.758. The van der Waals surface area contributed by atoms with E-state index in [-0.39, 0.29) is 0 Å². The summed E-state index contributed by atoms with van der Waals surface area (Å²) >= 11 is 5.85. The Morgan fingerprint density at radius 1 is 1.25 bits per heavy atom. The fourth-order valence-corrected chi connectivity index (χ4v) is 1.72. The van der Waals surface area contributed by atoms with Gasteiger partial charge in [-0.25, -0.2) is 4.98 Å². The van der Waals surface area contributed by atoms with Crippen molar-refractivity contribution in [1.82, 2.24) is 9.55 Å². The molecule has 16 heavy (non-hydrogen) atoms. The summed E-state index contributed by atoms with van der Waals surface area (Å²) in [6.45, 7) is 3.23. The number of nitrogens with zero attached hydrogens (tertiary/aromatic N) is 2. The van der Waals surface area contributed by atoms with Crippen molar-refractivity contribution >= 4 is 11.6 Å². The van der Waals surface area contributed by atoms with Gasteiger partial charge < -0.3 is 4.57 Å². The van der Waals surface area contributed by atoms with Crippen LogP contribution >= 0.6 is 11.6 Å². The SMILES string of the molecule is CCCCn1cnc(-c2ccc(Cl)cc2)c1. The molecular weight excluding hydrogens is 220 g/mol. The maximum atomic E-state index is 5.85. The summed E-state index contributed by atoms with van der Waals surface area (Å²) in [5.41, 5.74) is 2.12. The molecule has 0 atom stereocenters. The Bertz CT molecular complexity index is 445. The highest BCUT2D eigenvalue weighted by Gasteiger charge is 2.01. The summed E-state index contributed by atoms with van der Waals surface area (Å²) in [5, 5.41) is 0.758. The third-order valence-corrected chi connectivity index (χ3v) is 2.80. The van der Waals surface area contributed by atoms with Gasteiger partial charge in [-0.15, -0.1) is 0 Å². The summed E-state index contributed by atoms with van der Waals surface area (Å²) in [6, 6.07) is 7.77. The molecule has 0 aliphatic rings. The molecule has 84 valence electrons. The predicted molar refractivity (Wildman–Crippen MR) is 67.6 cm³/mol. The zero-order valence-corrected chi connectivity index (χ0v) is 10.1. The fourth-order valence-electron chi connectivity index (χ4n) is 1.59. The second-order valence-corrected chi connectivity index (χ2v) is 4.29. The van der Waals surface area contributed by atoms with E-state index in [9.17, 15) is 0 Å². The molecule has 2 rings (SSSR count). The van der Waals surface area contributed by atoms with Crippen LogP contribution in [0, 0.1) is 0 Å². The highest BCUT2D eigenvalue weighted by Crippen LogP contribution is 2.19. The lowest BCUT2D eigenvalue weighted by molar-refractivity contribution is 0.631. The van der Waals surface area contributed by atoms with Crippen LogP contribution < -0.4 is 0 Å². The van der Waals surface area contributed by atoms with Crippen LogP contribution in [0.3, 0.4) is 0 Å². The zero-order valence-electron chi connectivity index (χ0n) is 9.36. The second kappa shape index (κ2) is 5.17. The van der Waals surface area contributed by atoms with Crippen LogP contribution in [-0.4, -0.2) is 9.55 Å². The van der Waals surface area contributed by atoms with E-state index in [0.717, 1.165) is 22.8 Å². The molecule has 2 aromatic rings. The van der Waals surface area contributed by atoms with E-state index >= 15 is 0 Å². The third-order valence-electron chi connectivity index (χ3n) is 2.54. The van der Waals surface area contributed by atoms with Crippen molar-refractivity contribution in [2.45, 2.75) is 26.3 Å². The Morgan fingerprint density at radius 3 is 2.69 bits per heavy atom. The number of rotatable bonds is 4. The molecule has 0 spiro atoms. The molecule has 0 amide bonds. The highest BCUT2D eigenvalue weighted by molar-refractivity contribution is 6.30. The molecule has 1 heterocycles. The first-order chi connectivity index (χ1) is 7.79. The lowest BCUT2D eigenvalue weighted by Gasteiger charge is -1.98. The summed E-state index contributed by atoms with van der Waals surface area (Å²) in [4.78, 5) is 4.39. The van der Waals surface area contributed by atoms with E-state index in [0.29, 0.717) is 0 Å². The van der Waals surface area contributed by atoms with Gasteiger partial charge in [0.05, 0.1) is 12.0 Å². The van der Waals surface area contributed by atoms with Gasteiger partial charge in [-0.2, -0.15) is 0 Å². The molecule has 3 heteroatoms. The number of imidazole rings is 1. The van der Waals surface area contributed by atoms with Gasteiger partial charge in [0.15, 0.2) is 0 Å². The van der Waals surface area contributed by atoms with Gasteiger partial charge in [0.2, 0.25) is 0 Å². The highest BCUT2D eigenvalue weighted by atomic mass is 35.5. The number of hydrogen-bond donors (Lipinski definition) is 0. The topological polar surface area (TPSA) is 17.8 Å². The fraction of sp³-hybridized carbons (Fsp3) is 0.308. The smallest absolute Gasteiger partial charge is 0.0953 e. The molecule has 0 aliphatic carbocycles. The number of hydrogen-bond acceptors (Lipinski definition) is 1. The molecule has 0 bridgehead atoms. The van der Waals surface area contributed by atoms with Crippen LogP contribution in [0.25, 0.3) is 11.3 Å². The number of unbranched alkanes of at least 4 members (excludes halogenated alkanes) is 1. The van der Waals surface area contributed by atoms with Crippen LogP contribution in [-0.2, 0) is 6.54 Å². The molecule has 0 aliphatic heterocycles. The van der Waals surface area contributed by atoms with Crippen molar-refractivity contribution in [3.05, 3.63) is 41.8 Å². The van der Waals surface area contributed by atoms with E-state index in [1.54, 1.807) is 0 Å². The lowest BCUT2D eigenvalue weighted by atomic mass is 10.2. The first-order valence-corrected chi connectivity index (χ1v) is 5.95. The molecule has 0 radical (unpaired) electrons. The minimum Gasteiger partial charge on any atom is -0.337 e. The largest absolute Gasteiger partial charge is 0.337 e. The Morgan fingerprint density at radius 2 is 2.00 bits per heavy atom. The van der Waals surface area contributed by atoms with Crippen LogP contribution in [0.1, 0.15) is 19.8 Å². The quantitative estimate of drug-likeness (QED) is 0.782. The maximum absolute atomic E-state index is 5.85. The van der Waals surface area contributed by atoms with Crippen molar-refractivity contribution in [3.63, 3.8) is 0 Å². The number of aromatic nitrogens is 2. The normalized spacial score (nSPS) is 10.6. The Hall–Kier alpha value is -1.28. The molecule has 1 aromatic carbocycles. The standard InChI is InChI=1S/C13H15ClN2/c1-2-3-8-16-9-13(15-10-16)11-4-6-12(14)7-5-11/h4-7,9-10H,2-3,8H2,1H3. The van der Waals surface area contributed by atoms with Gasteiger partial charge in [0.1, 0.15) is 0 Å². The lowest BCUT2D eigenvalue weighted by Crippen LogP contribution is -1.92. The predicted octanol–water partition coefficient (Wildman–Crippen LogP) is 4.00. The summed E-state index contributed by atoms with van der Waals surface area (Å²) in [7, 11) is 0. The van der Waals surface area contributed by atoms with E-state index < -0.39 is 0 Å². The van der Waals surface area contributed by atoms with Gasteiger partial charge in [-0.1, -0.05) is 37.1 Å². The number of benzene rings is 1. The van der Waals surface area contributed by atoms with Gasteiger partial charge in [-0.05, 0) is 18.6 Å². The van der Waals surface area contributed by atoms with Gasteiger partial charge >= 0.3 is 0 Å². The molecule has 0 saturated heterocycles. The van der Waals surface area contributed by atoms with E-state index in [2.05, 4.69) is 22.7 Å². The van der Waals surface area contributed by atoms with Gasteiger partial charge in [0.25, 0.3) is 0 Å². The Balaban J connectivity index is 2.15. The van der Waals surface area contributed by atoms with E-state index in [1.807, 2.05) is 30.6 Å². The first kappa shape index (κ1) is 11.2. The van der Waals surface area contributed by atoms with Crippen molar-refractivity contribution in [2.24, 2.45) is 0 Å². The average molecular weight is 235 g/mol. The zero-order chi connectivity index (χ0) is 11.4. The van der Waals surface area contributed by atoms with Crippen molar-refractivity contribution < 1.29 is 0 Å². The van der Waals surface area contributed by atoms with Gasteiger partial charge in [0, 0.05) is 23.3 Å². The van der Waals surface area contributed by atoms with E-state index in [1.165, 1.54) is 12.8 Å². The monoisotopic (exact) mass is 234 g/mol. The van der Waals surface area contributed by atoms with Crippen molar-refractivity contribution in [1.29, 1.82) is 0 Å². The molecule has 0 N–H and O–H groups in total. The van der Waals surface area contributed by atoms with Crippen LogP contribution in [0.2, 0.25) is 5.02 Å². The molecule has 0 fully saturated rings. The molecular formula is C13H15ClN2. The minimum atomic E-state index is 0.758. The van der Waals surface area contributed by atoms with E-state index in [4.69, 9.17) is 11.6 Å².